The lowest BCUT2D eigenvalue weighted by molar-refractivity contribution is 0.335. The number of hydrogen-bond donors (Lipinski definition) is 1. The van der Waals surface area contributed by atoms with Gasteiger partial charge in [0.1, 0.15) is 5.82 Å². The third-order valence-corrected chi connectivity index (χ3v) is 4.30. The highest BCUT2D eigenvalue weighted by atomic mass is 79.9. The quantitative estimate of drug-likeness (QED) is 0.929. The molecule has 0 spiro atoms. The largest absolute Gasteiger partial charge is 0.357 e. The second-order valence-corrected chi connectivity index (χ2v) is 6.01. The van der Waals surface area contributed by atoms with Crippen LogP contribution in [0, 0.1) is 5.92 Å². The molecule has 0 amide bonds. The lowest BCUT2D eigenvalue weighted by Gasteiger charge is -2.35. The summed E-state index contributed by atoms with van der Waals surface area (Å²) < 4.78 is 0.960. The van der Waals surface area contributed by atoms with E-state index in [1.165, 1.54) is 25.7 Å². The van der Waals surface area contributed by atoms with Gasteiger partial charge in [-0.3, -0.25) is 0 Å². The smallest absolute Gasteiger partial charge is 0.224 e. The van der Waals surface area contributed by atoms with E-state index < -0.39 is 0 Å². The molecule has 0 aromatic carbocycles. The fraction of sp³-hybridized carbons (Fsp3) is 0.692. The maximum absolute atomic E-state index is 4.55. The number of hydrogen-bond acceptors (Lipinski definition) is 4. The molecule has 0 saturated heterocycles. The van der Waals surface area contributed by atoms with Crippen LogP contribution in [0.1, 0.15) is 32.6 Å². The fourth-order valence-electron chi connectivity index (χ4n) is 2.65. The number of aromatic nitrogens is 2. The van der Waals surface area contributed by atoms with Gasteiger partial charge in [-0.2, -0.15) is 4.98 Å². The molecule has 2 atom stereocenters. The van der Waals surface area contributed by atoms with Crippen molar-refractivity contribution in [3.8, 4) is 0 Å². The first kappa shape index (κ1) is 13.6. The van der Waals surface area contributed by atoms with Crippen LogP contribution in [0.3, 0.4) is 0 Å². The molecule has 1 aromatic rings. The predicted octanol–water partition coefficient (Wildman–Crippen LogP) is 3.30. The zero-order chi connectivity index (χ0) is 13.1. The Morgan fingerprint density at radius 2 is 2.22 bits per heavy atom. The molecule has 1 heterocycles. The summed E-state index contributed by atoms with van der Waals surface area (Å²) in [6, 6.07) is 0.588. The van der Waals surface area contributed by atoms with Crippen LogP contribution in [-0.2, 0) is 0 Å². The van der Waals surface area contributed by atoms with Crippen molar-refractivity contribution in [1.29, 1.82) is 0 Å². The molecule has 100 valence electrons. The van der Waals surface area contributed by atoms with E-state index >= 15 is 0 Å². The van der Waals surface area contributed by atoms with Gasteiger partial charge in [-0.25, -0.2) is 4.98 Å². The van der Waals surface area contributed by atoms with Crippen LogP contribution < -0.4 is 10.2 Å². The minimum absolute atomic E-state index is 0.588. The van der Waals surface area contributed by atoms with Crippen LogP contribution in [-0.4, -0.2) is 30.1 Å². The standard InChI is InChI=1S/C13H21BrN4/c1-9-5-4-6-10(7-9)18(3)12-11(14)8-16-13(15-2)17-12/h8-10H,4-7H2,1-3H3,(H,15,16,17). The topological polar surface area (TPSA) is 41.1 Å². The first-order valence-corrected chi connectivity index (χ1v) is 7.34. The average molecular weight is 313 g/mol. The minimum atomic E-state index is 0.588. The molecular formula is C13H21BrN4. The van der Waals surface area contributed by atoms with Crippen LogP contribution in [0.15, 0.2) is 10.7 Å². The molecule has 1 aromatic heterocycles. The van der Waals surface area contributed by atoms with Crippen molar-refractivity contribution >= 4 is 27.7 Å². The van der Waals surface area contributed by atoms with Crippen molar-refractivity contribution < 1.29 is 0 Å². The first-order chi connectivity index (χ1) is 8.61. The van der Waals surface area contributed by atoms with Crippen molar-refractivity contribution in [2.24, 2.45) is 5.92 Å². The highest BCUT2D eigenvalue weighted by molar-refractivity contribution is 9.10. The third-order valence-electron chi connectivity index (χ3n) is 3.74. The molecule has 1 aliphatic rings. The van der Waals surface area contributed by atoms with Crippen LogP contribution in [0.5, 0.6) is 0 Å². The van der Waals surface area contributed by atoms with E-state index in [9.17, 15) is 0 Å². The molecule has 5 heteroatoms. The Kier molecular flexibility index (Phi) is 4.43. The van der Waals surface area contributed by atoms with Crippen molar-refractivity contribution in [2.45, 2.75) is 38.6 Å². The molecule has 18 heavy (non-hydrogen) atoms. The van der Waals surface area contributed by atoms with Crippen LogP contribution in [0.4, 0.5) is 11.8 Å². The number of rotatable bonds is 3. The van der Waals surface area contributed by atoms with Gasteiger partial charge in [-0.05, 0) is 34.7 Å². The SMILES string of the molecule is CNc1ncc(Br)c(N(C)C2CCCC(C)C2)n1. The monoisotopic (exact) mass is 312 g/mol. The molecule has 1 N–H and O–H groups in total. The normalized spacial score (nSPS) is 23.8. The van der Waals surface area contributed by atoms with Gasteiger partial charge in [-0.1, -0.05) is 19.8 Å². The lowest BCUT2D eigenvalue weighted by atomic mass is 9.86. The summed E-state index contributed by atoms with van der Waals surface area (Å²) in [7, 11) is 3.98. The Bertz CT molecular complexity index is 410. The zero-order valence-corrected chi connectivity index (χ0v) is 12.9. The van der Waals surface area contributed by atoms with Gasteiger partial charge < -0.3 is 10.2 Å². The molecule has 4 nitrogen and oxygen atoms in total. The van der Waals surface area contributed by atoms with E-state index in [-0.39, 0.29) is 0 Å². The molecular weight excluding hydrogens is 292 g/mol. The van der Waals surface area contributed by atoms with Crippen LogP contribution in [0.2, 0.25) is 0 Å². The van der Waals surface area contributed by atoms with Gasteiger partial charge >= 0.3 is 0 Å². The number of halogens is 1. The van der Waals surface area contributed by atoms with E-state index in [0.29, 0.717) is 12.0 Å². The lowest BCUT2D eigenvalue weighted by Crippen LogP contribution is -2.36. The molecule has 0 radical (unpaired) electrons. The summed E-state index contributed by atoms with van der Waals surface area (Å²) in [5.74, 6) is 2.47. The number of anilines is 2. The summed E-state index contributed by atoms with van der Waals surface area (Å²) in [5.41, 5.74) is 0. The Labute approximate surface area is 117 Å². The average Bonchev–Trinajstić information content (AvgIpc) is 2.38. The summed E-state index contributed by atoms with van der Waals surface area (Å²) in [6.45, 7) is 2.34. The van der Waals surface area contributed by atoms with Gasteiger partial charge in [0.2, 0.25) is 5.95 Å². The third kappa shape index (κ3) is 2.94. The first-order valence-electron chi connectivity index (χ1n) is 6.55. The second kappa shape index (κ2) is 5.87. The van der Waals surface area contributed by atoms with E-state index in [2.05, 4.69) is 50.1 Å². The molecule has 0 bridgehead atoms. The van der Waals surface area contributed by atoms with Crippen molar-refractivity contribution in [2.75, 3.05) is 24.3 Å². The maximum Gasteiger partial charge on any atom is 0.224 e. The van der Waals surface area contributed by atoms with Gasteiger partial charge in [0.05, 0.1) is 4.47 Å². The van der Waals surface area contributed by atoms with Crippen LogP contribution >= 0.6 is 15.9 Å². The van der Waals surface area contributed by atoms with Crippen molar-refractivity contribution in [3.05, 3.63) is 10.7 Å². The maximum atomic E-state index is 4.55. The van der Waals surface area contributed by atoms with E-state index in [0.717, 1.165) is 16.2 Å². The second-order valence-electron chi connectivity index (χ2n) is 5.15. The van der Waals surface area contributed by atoms with E-state index in [1.807, 2.05) is 13.2 Å². The van der Waals surface area contributed by atoms with Gasteiger partial charge in [0, 0.05) is 26.3 Å². The Morgan fingerprint density at radius 1 is 1.44 bits per heavy atom. The van der Waals surface area contributed by atoms with Gasteiger partial charge in [0.15, 0.2) is 0 Å². The van der Waals surface area contributed by atoms with Gasteiger partial charge in [0.25, 0.3) is 0 Å². The fourth-order valence-corrected chi connectivity index (χ4v) is 3.12. The Morgan fingerprint density at radius 3 is 2.89 bits per heavy atom. The van der Waals surface area contributed by atoms with Crippen LogP contribution in [0.25, 0.3) is 0 Å². The molecule has 1 saturated carbocycles. The van der Waals surface area contributed by atoms with E-state index in [1.54, 1.807) is 0 Å². The molecule has 0 aliphatic heterocycles. The Hall–Kier alpha value is -0.840. The van der Waals surface area contributed by atoms with E-state index in [4.69, 9.17) is 0 Å². The highest BCUT2D eigenvalue weighted by Crippen LogP contribution is 2.32. The number of nitrogens with zero attached hydrogens (tertiary/aromatic N) is 3. The summed E-state index contributed by atoms with van der Waals surface area (Å²) >= 11 is 3.55. The minimum Gasteiger partial charge on any atom is -0.357 e. The summed E-state index contributed by atoms with van der Waals surface area (Å²) in [6.07, 6.45) is 7.00. The molecule has 1 fully saturated rings. The predicted molar refractivity (Wildman–Crippen MR) is 79.1 cm³/mol. The van der Waals surface area contributed by atoms with Crippen molar-refractivity contribution in [3.63, 3.8) is 0 Å². The Balaban J connectivity index is 2.19. The summed E-state index contributed by atoms with van der Waals surface area (Å²) in [4.78, 5) is 11.0. The van der Waals surface area contributed by atoms with Crippen molar-refractivity contribution in [1.82, 2.24) is 9.97 Å². The molecule has 2 rings (SSSR count). The molecule has 2 unspecified atom stereocenters. The number of nitrogens with one attached hydrogen (secondary N) is 1. The summed E-state index contributed by atoms with van der Waals surface area (Å²) in [5, 5.41) is 2.99. The molecule has 1 aliphatic carbocycles. The van der Waals surface area contributed by atoms with Gasteiger partial charge in [-0.15, -0.1) is 0 Å². The zero-order valence-electron chi connectivity index (χ0n) is 11.3. The highest BCUT2D eigenvalue weighted by Gasteiger charge is 2.24.